The summed E-state index contributed by atoms with van der Waals surface area (Å²) in [5.41, 5.74) is -0.343. The minimum atomic E-state index is -4.60. The summed E-state index contributed by atoms with van der Waals surface area (Å²) in [5.74, 6) is -3.58. The van der Waals surface area contributed by atoms with Gasteiger partial charge in [-0.3, -0.25) is 4.79 Å². The summed E-state index contributed by atoms with van der Waals surface area (Å²) in [7, 11) is 0. The molecule has 78 valence electrons. The lowest BCUT2D eigenvalue weighted by Crippen LogP contribution is -2.23. The fourth-order valence-electron chi connectivity index (χ4n) is 0.886. The average Bonchev–Trinajstić information content (AvgIpc) is 2.49. The van der Waals surface area contributed by atoms with Gasteiger partial charge in [-0.1, -0.05) is 4.49 Å². The van der Waals surface area contributed by atoms with Crippen molar-refractivity contribution in [2.75, 3.05) is 0 Å². The predicted molar refractivity (Wildman–Crippen MR) is 41.0 cm³/mol. The van der Waals surface area contributed by atoms with Gasteiger partial charge in [0.15, 0.2) is 0 Å². The van der Waals surface area contributed by atoms with Crippen LogP contribution in [0.25, 0.3) is 0 Å². The molecule has 0 aliphatic carbocycles. The molecule has 1 unspecified atom stereocenters. The van der Waals surface area contributed by atoms with Crippen molar-refractivity contribution >= 4 is 17.5 Å². The molecule has 1 rings (SSSR count). The molecule has 1 aromatic rings. The number of carboxylic acids is 1. The van der Waals surface area contributed by atoms with Gasteiger partial charge in [-0.05, 0) is 11.5 Å². The third kappa shape index (κ3) is 2.66. The first kappa shape index (κ1) is 10.9. The third-order valence-electron chi connectivity index (χ3n) is 1.51. The molecule has 0 aromatic carbocycles. The van der Waals surface area contributed by atoms with Gasteiger partial charge in [0, 0.05) is 5.38 Å². The van der Waals surface area contributed by atoms with Crippen LogP contribution in [0.5, 0.6) is 0 Å². The van der Waals surface area contributed by atoms with Gasteiger partial charge in [-0.25, -0.2) is 0 Å². The summed E-state index contributed by atoms with van der Waals surface area (Å²) in [6.07, 6.45) is -5.62. The number of nitrogens with zero attached hydrogens (tertiary/aromatic N) is 2. The molecule has 1 atom stereocenters. The second-order valence-corrected chi connectivity index (χ2v) is 3.13. The summed E-state index contributed by atoms with van der Waals surface area (Å²) in [6.45, 7) is 0. The molecular weight excluding hydrogens is 221 g/mol. The van der Waals surface area contributed by atoms with E-state index >= 15 is 0 Å². The van der Waals surface area contributed by atoms with Crippen molar-refractivity contribution in [1.29, 1.82) is 0 Å². The Labute approximate surface area is 80.5 Å². The molecule has 0 amide bonds. The molecule has 4 nitrogen and oxygen atoms in total. The van der Waals surface area contributed by atoms with Crippen molar-refractivity contribution in [2.24, 2.45) is 0 Å². The summed E-state index contributed by atoms with van der Waals surface area (Å²) in [6, 6.07) is 0. The summed E-state index contributed by atoms with van der Waals surface area (Å²) in [4.78, 5) is 10.2. The van der Waals surface area contributed by atoms with Crippen molar-refractivity contribution in [2.45, 2.75) is 18.5 Å². The molecule has 1 N–H and O–H groups in total. The van der Waals surface area contributed by atoms with Crippen LogP contribution in [0.15, 0.2) is 5.38 Å². The zero-order valence-corrected chi connectivity index (χ0v) is 7.47. The highest BCUT2D eigenvalue weighted by atomic mass is 32.1. The van der Waals surface area contributed by atoms with Gasteiger partial charge in [0.2, 0.25) is 0 Å². The standard InChI is InChI=1S/C6H5F3N2O2S/c7-6(8,9)3(1-5(12)13)4-2-14-11-10-4/h2-3H,1H2,(H,12,13). The van der Waals surface area contributed by atoms with Crippen molar-refractivity contribution in [3.63, 3.8) is 0 Å². The topological polar surface area (TPSA) is 63.1 Å². The number of aliphatic carboxylic acids is 1. The van der Waals surface area contributed by atoms with Crippen LogP contribution in [0.1, 0.15) is 18.0 Å². The number of halogens is 3. The van der Waals surface area contributed by atoms with E-state index in [1.807, 2.05) is 0 Å². The lowest BCUT2D eigenvalue weighted by atomic mass is 10.0. The molecule has 0 aliphatic heterocycles. The number of alkyl halides is 3. The van der Waals surface area contributed by atoms with Gasteiger partial charge >= 0.3 is 12.1 Å². The minimum absolute atomic E-state index is 0.343. The molecule has 0 bridgehead atoms. The van der Waals surface area contributed by atoms with E-state index in [0.29, 0.717) is 0 Å². The lowest BCUT2D eigenvalue weighted by Gasteiger charge is -2.15. The van der Waals surface area contributed by atoms with E-state index in [4.69, 9.17) is 5.11 Å². The Kier molecular flexibility index (Phi) is 3.04. The zero-order valence-electron chi connectivity index (χ0n) is 6.65. The van der Waals surface area contributed by atoms with Crippen molar-refractivity contribution < 1.29 is 23.1 Å². The second kappa shape index (κ2) is 3.91. The Bertz CT molecular complexity index is 311. The molecule has 8 heteroatoms. The number of aromatic nitrogens is 2. The maximum atomic E-state index is 12.3. The van der Waals surface area contributed by atoms with E-state index in [0.717, 1.165) is 16.9 Å². The molecule has 0 fully saturated rings. The molecule has 0 saturated carbocycles. The molecule has 0 saturated heterocycles. The third-order valence-corrected chi connectivity index (χ3v) is 2.03. The maximum Gasteiger partial charge on any atom is 0.397 e. The SMILES string of the molecule is O=C(O)CC(c1csnn1)C(F)(F)F. The van der Waals surface area contributed by atoms with Crippen LogP contribution in [0, 0.1) is 0 Å². The molecule has 0 spiro atoms. The van der Waals surface area contributed by atoms with Gasteiger partial charge in [-0.2, -0.15) is 13.2 Å². The highest BCUT2D eigenvalue weighted by Crippen LogP contribution is 2.36. The number of rotatable bonds is 3. The largest absolute Gasteiger partial charge is 0.481 e. The van der Waals surface area contributed by atoms with E-state index in [1.54, 1.807) is 0 Å². The highest BCUT2D eigenvalue weighted by Gasteiger charge is 2.43. The Morgan fingerprint density at radius 3 is 2.64 bits per heavy atom. The van der Waals surface area contributed by atoms with E-state index < -0.39 is 24.5 Å². The number of hydrogen-bond acceptors (Lipinski definition) is 4. The normalized spacial score (nSPS) is 13.9. The van der Waals surface area contributed by atoms with Crippen molar-refractivity contribution in [3.8, 4) is 0 Å². The van der Waals surface area contributed by atoms with E-state index in [-0.39, 0.29) is 5.69 Å². The number of carboxylic acid groups (broad SMARTS) is 1. The molecule has 1 aromatic heterocycles. The molecule has 14 heavy (non-hydrogen) atoms. The van der Waals surface area contributed by atoms with Crippen molar-refractivity contribution in [1.82, 2.24) is 9.59 Å². The van der Waals surface area contributed by atoms with Crippen molar-refractivity contribution in [3.05, 3.63) is 11.1 Å². The van der Waals surface area contributed by atoms with Crippen LogP contribution in [-0.4, -0.2) is 26.8 Å². The summed E-state index contributed by atoms with van der Waals surface area (Å²) in [5, 5.41) is 12.6. The van der Waals surface area contributed by atoms with Gasteiger partial charge in [0.05, 0.1) is 12.1 Å². The van der Waals surface area contributed by atoms with E-state index in [2.05, 4.69) is 9.59 Å². The van der Waals surface area contributed by atoms with Gasteiger partial charge in [-0.15, -0.1) is 5.10 Å². The maximum absolute atomic E-state index is 12.3. The smallest absolute Gasteiger partial charge is 0.397 e. The molecule has 0 aliphatic rings. The lowest BCUT2D eigenvalue weighted by molar-refractivity contribution is -0.164. The average molecular weight is 226 g/mol. The minimum Gasteiger partial charge on any atom is -0.481 e. The highest BCUT2D eigenvalue weighted by molar-refractivity contribution is 7.03. The van der Waals surface area contributed by atoms with E-state index in [1.165, 1.54) is 0 Å². The van der Waals surface area contributed by atoms with Gasteiger partial charge < -0.3 is 5.11 Å². The van der Waals surface area contributed by atoms with Crippen LogP contribution in [0.2, 0.25) is 0 Å². The first-order valence-electron chi connectivity index (χ1n) is 3.46. The Balaban J connectivity index is 2.89. The predicted octanol–water partition coefficient (Wildman–Crippen LogP) is 1.66. The van der Waals surface area contributed by atoms with Crippen LogP contribution in [0.3, 0.4) is 0 Å². The Morgan fingerprint density at radius 2 is 2.29 bits per heavy atom. The molecule has 1 heterocycles. The van der Waals surface area contributed by atoms with Crippen LogP contribution in [0.4, 0.5) is 13.2 Å². The second-order valence-electron chi connectivity index (χ2n) is 2.52. The Hall–Kier alpha value is -1.18. The van der Waals surface area contributed by atoms with Crippen LogP contribution in [-0.2, 0) is 4.79 Å². The summed E-state index contributed by atoms with van der Waals surface area (Å²) >= 11 is 0.757. The Morgan fingerprint density at radius 1 is 1.64 bits per heavy atom. The van der Waals surface area contributed by atoms with E-state index in [9.17, 15) is 18.0 Å². The van der Waals surface area contributed by atoms with Gasteiger partial charge in [0.25, 0.3) is 0 Å². The fourth-order valence-corrected chi connectivity index (χ4v) is 1.39. The monoisotopic (exact) mass is 226 g/mol. The van der Waals surface area contributed by atoms with Crippen LogP contribution >= 0.6 is 11.5 Å². The molecule has 0 radical (unpaired) electrons. The quantitative estimate of drug-likeness (QED) is 0.851. The fraction of sp³-hybridized carbons (Fsp3) is 0.500. The van der Waals surface area contributed by atoms with Crippen LogP contribution < -0.4 is 0 Å². The number of carbonyl (C=O) groups is 1. The molecular formula is C6H5F3N2O2S. The first-order chi connectivity index (χ1) is 6.41. The number of hydrogen-bond donors (Lipinski definition) is 1. The summed E-state index contributed by atoms with van der Waals surface area (Å²) < 4.78 is 40.2. The zero-order chi connectivity index (χ0) is 10.8. The first-order valence-corrected chi connectivity index (χ1v) is 4.30. The van der Waals surface area contributed by atoms with Gasteiger partial charge in [0.1, 0.15) is 5.92 Å².